The number of carboxylic acids is 2. The van der Waals surface area contributed by atoms with Crippen molar-refractivity contribution in [3.63, 3.8) is 0 Å². The number of methoxy groups -OCH3 is 4. The summed E-state index contributed by atoms with van der Waals surface area (Å²) in [6, 6.07) is 5.00. The van der Waals surface area contributed by atoms with Crippen LogP contribution in [0.25, 0.3) is 0 Å². The lowest BCUT2D eigenvalue weighted by Gasteiger charge is -2.41. The minimum atomic E-state index is -1.40. The molecule has 4 aliphatic heterocycles. The number of Topliss-reactive ketones (excluding diaryl/α,β-unsaturated/α-hetero) is 2. The lowest BCUT2D eigenvalue weighted by molar-refractivity contribution is -0.150. The molecule has 0 radical (unpaired) electrons. The number of hydrogen-bond donors (Lipinski definition) is 5. The summed E-state index contributed by atoms with van der Waals surface area (Å²) in [5, 5.41) is 24.3. The zero-order valence-corrected chi connectivity index (χ0v) is 96.4. The summed E-state index contributed by atoms with van der Waals surface area (Å²) in [7, 11) is 12.5. The molecule has 4 saturated heterocycles. The van der Waals surface area contributed by atoms with Crippen molar-refractivity contribution in [3.8, 4) is 0 Å². The molecule has 844 valence electrons. The van der Waals surface area contributed by atoms with Crippen molar-refractivity contribution in [2.75, 3.05) is 100 Å². The van der Waals surface area contributed by atoms with Crippen molar-refractivity contribution < 1.29 is 115 Å². The molecule has 0 aliphatic carbocycles. The number of hydrogen-bond acceptors (Lipinski definition) is 23. The average molecular weight is 2150 g/mol. The zero-order chi connectivity index (χ0) is 112. The molecule has 37 heteroatoms. The van der Waals surface area contributed by atoms with Gasteiger partial charge < -0.3 is 69.2 Å². The number of rotatable bonds is 66. The van der Waals surface area contributed by atoms with Crippen molar-refractivity contribution >= 4 is 131 Å². The van der Waals surface area contributed by atoms with Gasteiger partial charge in [0.1, 0.15) is 23.7 Å². The summed E-state index contributed by atoms with van der Waals surface area (Å²) in [4.78, 5) is 229. The Hall–Kier alpha value is -8.49. The summed E-state index contributed by atoms with van der Waals surface area (Å²) in [6.07, 6.45) is 10.5. The van der Waals surface area contributed by atoms with Gasteiger partial charge in [0.15, 0.2) is 11.6 Å². The van der Waals surface area contributed by atoms with Gasteiger partial charge in [-0.1, -0.05) is 199 Å². The van der Waals surface area contributed by atoms with Gasteiger partial charge in [0, 0.05) is 146 Å². The predicted octanol–water partition coefficient (Wildman–Crippen LogP) is 15.3. The molecule has 0 spiro atoms. The van der Waals surface area contributed by atoms with Crippen LogP contribution in [0.2, 0.25) is 0 Å². The van der Waals surface area contributed by atoms with Crippen LogP contribution in [0.3, 0.4) is 0 Å². The molecule has 20 atom stereocenters. The molecule has 0 saturated carbocycles. The Kier molecular flexibility index (Phi) is 60.5. The highest BCUT2D eigenvalue weighted by atomic mass is 32.2. The number of likely N-dealkylation sites (tertiary alicyclic amines) is 4. The molecule has 4 N–H and O–H groups in total. The van der Waals surface area contributed by atoms with E-state index in [9.17, 15) is 95.7 Å². The van der Waals surface area contributed by atoms with Crippen molar-refractivity contribution in [1.29, 1.82) is 0 Å². The lowest BCUT2D eigenvalue weighted by Crippen LogP contribution is -2.55. The van der Waals surface area contributed by atoms with E-state index < -0.39 is 132 Å². The highest BCUT2D eigenvalue weighted by Crippen LogP contribution is 2.37. The quantitative estimate of drug-likeness (QED) is 0.0233. The molecule has 4 heterocycles. The van der Waals surface area contributed by atoms with Gasteiger partial charge >= 0.3 is 11.9 Å². The molecule has 2 aromatic rings. The number of thiol groups is 1. The molecule has 4 fully saturated rings. The van der Waals surface area contributed by atoms with Crippen LogP contribution in [0, 0.1) is 70.8 Å². The van der Waals surface area contributed by atoms with Crippen LogP contribution in [0.1, 0.15) is 296 Å². The largest absolute Gasteiger partial charge is 0.480 e. The average Bonchev–Trinajstić information content (AvgIpc) is 1.77. The van der Waals surface area contributed by atoms with Crippen LogP contribution in [0.4, 0.5) is 8.78 Å². The predicted molar refractivity (Wildman–Crippen MR) is 581 cm³/mol. The number of ether oxygens (including phenoxy) is 4. The Balaban J connectivity index is 0.000000593. The molecule has 12 amide bonds. The summed E-state index contributed by atoms with van der Waals surface area (Å²) in [6.45, 7) is 34.0. The normalized spacial score (nSPS) is 19.1. The van der Waals surface area contributed by atoms with Gasteiger partial charge in [0.2, 0.25) is 70.9 Å². The van der Waals surface area contributed by atoms with Gasteiger partial charge in [-0.2, -0.15) is 12.6 Å². The molecule has 2 unspecified atom stereocenters. The number of aliphatic carboxylic acids is 2. The van der Waals surface area contributed by atoms with Gasteiger partial charge in [-0.15, -0.1) is 23.5 Å². The molecule has 149 heavy (non-hydrogen) atoms. The smallest absolute Gasteiger partial charge is 0.326 e. The summed E-state index contributed by atoms with van der Waals surface area (Å²) in [5.74, 6) is -9.25. The molecule has 4 aliphatic rings. The fraction of sp³-hybridized carbons (Fsp3) is 0.750. The zero-order valence-electron chi connectivity index (χ0n) is 93.9. The Morgan fingerprint density at radius 1 is 0.456 bits per heavy atom. The number of nitrogens with one attached hydrogen (secondary N) is 2. The minimum Gasteiger partial charge on any atom is -0.480 e. The van der Waals surface area contributed by atoms with Gasteiger partial charge in [-0.05, 0) is 147 Å². The number of amides is 12. The van der Waals surface area contributed by atoms with E-state index in [0.717, 1.165) is 42.9 Å². The Morgan fingerprint density at radius 2 is 0.799 bits per heavy atom. The third-order valence-corrected chi connectivity index (χ3v) is 33.1. The van der Waals surface area contributed by atoms with Crippen molar-refractivity contribution in [1.82, 2.24) is 49.8 Å². The van der Waals surface area contributed by atoms with Crippen LogP contribution in [0.15, 0.2) is 48.5 Å². The maximum Gasteiger partial charge on any atom is 0.326 e. The maximum atomic E-state index is 14.7. The third-order valence-electron chi connectivity index (χ3n) is 30.2. The minimum absolute atomic E-state index is 0.0960. The van der Waals surface area contributed by atoms with Crippen molar-refractivity contribution in [2.45, 2.75) is 381 Å². The Bertz CT molecular complexity index is 4320. The summed E-state index contributed by atoms with van der Waals surface area (Å²) >= 11 is 7.10. The number of halogens is 2. The molecule has 0 aromatic heterocycles. The van der Waals surface area contributed by atoms with Crippen LogP contribution in [-0.4, -0.2) is 327 Å². The van der Waals surface area contributed by atoms with E-state index in [1.54, 1.807) is 97.3 Å². The number of imide groups is 2. The van der Waals surface area contributed by atoms with E-state index in [-0.39, 0.29) is 192 Å². The second-order valence-electron chi connectivity index (χ2n) is 42.3. The fourth-order valence-electron chi connectivity index (χ4n) is 20.9. The van der Waals surface area contributed by atoms with Crippen molar-refractivity contribution in [2.24, 2.45) is 59.2 Å². The Morgan fingerprint density at radius 3 is 1.08 bits per heavy atom. The number of nitrogens with zero attached hydrogens (tertiary/aromatic N) is 8. The van der Waals surface area contributed by atoms with Gasteiger partial charge in [-0.25, -0.2) is 18.4 Å². The number of unbranched alkanes of at least 4 members (excludes halogenated alkanes) is 7. The fourth-order valence-corrected chi connectivity index (χ4v) is 23.8. The van der Waals surface area contributed by atoms with Crippen molar-refractivity contribution in [3.05, 3.63) is 71.3 Å². The Labute approximate surface area is 901 Å². The first-order chi connectivity index (χ1) is 70.5. The number of ketones is 2. The van der Waals surface area contributed by atoms with Gasteiger partial charge in [0.05, 0.1) is 95.8 Å². The van der Waals surface area contributed by atoms with Crippen LogP contribution in [-0.2, 0) is 109 Å². The van der Waals surface area contributed by atoms with E-state index in [1.165, 1.54) is 97.3 Å². The standard InChI is InChI=1S/2C54H86FN5O11S.C4H10S/c2*1-13-15-28-72-44-32-47(64)60(53(44)67)26-20-16-17-25-45(62)57(9)48(34(5)6)42(61)30-38(33(3)4)52(66)58(10)49(35(7)14-2)43(70-11)31-46(63)59-27-21-24-41(59)50(71-12)36(8)51(65)56-40(54(68)69)29-37-22-18-19-23-39(37)55;1-2-3-4-5/h2*18-19,22-23,33-36,38,40-41,43-44,48-50H,13-17,20-21,24-32H2,1-12H3,(H,56,65)(H,68,69);5H,2-4H2,1H3/t2*35-,36+,38-,40-,41-,43+,44?,48-,49-,50+;/m00./s1. The third kappa shape index (κ3) is 39.8. The van der Waals surface area contributed by atoms with Gasteiger partial charge in [-0.3, -0.25) is 76.9 Å². The van der Waals surface area contributed by atoms with Crippen LogP contribution < -0.4 is 10.6 Å². The number of carbonyl (C=O) groups excluding carboxylic acids is 14. The molecular formula is C112H182F2N10O22S3. The number of carboxylic acid groups (broad SMARTS) is 2. The molecule has 0 bridgehead atoms. The second kappa shape index (κ2) is 67.9. The van der Waals surface area contributed by atoms with Gasteiger partial charge in [0.25, 0.3) is 0 Å². The van der Waals surface area contributed by atoms with E-state index in [0.29, 0.717) is 103 Å². The molecule has 32 nitrogen and oxygen atoms in total. The van der Waals surface area contributed by atoms with E-state index in [4.69, 9.17) is 18.9 Å². The maximum absolute atomic E-state index is 14.7. The monoisotopic (exact) mass is 2150 g/mol. The van der Waals surface area contributed by atoms with E-state index in [2.05, 4.69) is 44.0 Å². The first kappa shape index (κ1) is 133. The number of carbonyl (C=O) groups is 16. The molecular weight excluding hydrogens is 1970 g/mol. The molecule has 2 aromatic carbocycles. The highest BCUT2D eigenvalue weighted by molar-refractivity contribution is 8.00. The van der Waals surface area contributed by atoms with E-state index in [1.807, 2.05) is 83.1 Å². The second-order valence-corrected chi connectivity index (χ2v) is 45.4. The summed E-state index contributed by atoms with van der Waals surface area (Å²) in [5.41, 5.74) is 0.294. The summed E-state index contributed by atoms with van der Waals surface area (Å²) < 4.78 is 52.7. The topological polar surface area (TPSA) is 400 Å². The number of benzene rings is 2. The van der Waals surface area contributed by atoms with Crippen LogP contribution >= 0.6 is 36.2 Å². The highest BCUT2D eigenvalue weighted by Gasteiger charge is 2.49. The lowest BCUT2D eigenvalue weighted by atomic mass is 9.83. The number of thioether (sulfide) groups is 2. The van der Waals surface area contributed by atoms with E-state index >= 15 is 0 Å². The number of likely N-dealkylation sites (N-methyl/N-ethyl adjacent to an activating group) is 4. The first-order valence-electron chi connectivity index (χ1n) is 54.4. The molecule has 6 rings (SSSR count). The first-order valence-corrected chi connectivity index (χ1v) is 57.1. The SMILES string of the molecule is CCCCS.CCCCSC1CC(=O)N(CCCCCC(=O)N(C)[C@H](C(=O)C[C@H](C(=O)N(C)[C@@H]([C@@H](C)CC)[C@@H](CC(=O)N2CCC[C@H]2[C@H](OC)[C@@H](C)C(=O)N[C@@H](Cc2ccccc2F)C(=O)O)OC)C(C)C)C(C)C)C1=O.CCCCSC1CC(=O)N(CCCCCC(=O)N(C)[C@H](C(=O)C[C@H](C(=O)N(C)[C@@H]([C@@H](C)CC)[C@@H](CC(=O)N2CCC[C@H]2[C@H](OC)[C@@H](C)C(=O)N[C@@H](Cc2ccccc2F)C(=O)O)OC)C(C)C)C(C)C)C1=O. The van der Waals surface area contributed by atoms with Crippen LogP contribution in [0.5, 0.6) is 0 Å².